The molecule has 0 fully saturated rings. The topological polar surface area (TPSA) is 17.1 Å². The van der Waals surface area contributed by atoms with Gasteiger partial charge < -0.3 is 0 Å². The van der Waals surface area contributed by atoms with E-state index >= 15 is 0 Å². The van der Waals surface area contributed by atoms with Gasteiger partial charge in [-0.3, -0.25) is 4.79 Å². The molecule has 0 radical (unpaired) electrons. The normalized spacial score (nSPS) is 15.6. The van der Waals surface area contributed by atoms with Crippen LogP contribution in [0, 0.1) is 23.3 Å². The van der Waals surface area contributed by atoms with Crippen molar-refractivity contribution in [1.82, 2.24) is 0 Å². The summed E-state index contributed by atoms with van der Waals surface area (Å²) in [6, 6.07) is 2.30. The second-order valence-electron chi connectivity index (χ2n) is 6.60. The predicted molar refractivity (Wildman–Crippen MR) is 102 cm³/mol. The Balaban J connectivity index is 0.000000156. The number of hydrogen-bond donors (Lipinski definition) is 0. The number of carbonyl (C=O) groups is 1. The number of fused-ring (bicyclic) bond motifs is 2. The van der Waals surface area contributed by atoms with Gasteiger partial charge in [-0.15, -0.1) is 0 Å². The lowest BCUT2D eigenvalue weighted by molar-refractivity contribution is 0.0967. The van der Waals surface area contributed by atoms with Crippen LogP contribution in [0.25, 0.3) is 0 Å². The van der Waals surface area contributed by atoms with Crippen LogP contribution in [-0.4, -0.2) is 5.78 Å². The van der Waals surface area contributed by atoms with Gasteiger partial charge in [0.25, 0.3) is 0 Å². The molecule has 0 heterocycles. The van der Waals surface area contributed by atoms with E-state index < -0.39 is 23.3 Å². The van der Waals surface area contributed by atoms with E-state index in [1.54, 1.807) is 0 Å². The van der Waals surface area contributed by atoms with Crippen molar-refractivity contribution in [3.05, 3.63) is 66.6 Å². The molecule has 0 aliphatic heterocycles. The third kappa shape index (κ3) is 4.14. The van der Waals surface area contributed by atoms with Crippen LogP contribution in [-0.2, 0) is 19.3 Å². The first-order valence-corrected chi connectivity index (χ1v) is 10.2. The Hall–Kier alpha value is -1.21. The Bertz CT molecular complexity index is 912. The Labute approximate surface area is 171 Å². The summed E-state index contributed by atoms with van der Waals surface area (Å²) in [6.45, 7) is 0. The molecule has 144 valence electrons. The molecule has 0 N–H and O–H groups in total. The summed E-state index contributed by atoms with van der Waals surface area (Å²) in [7, 11) is 0. The maximum Gasteiger partial charge on any atom is 0.169 e. The highest BCUT2D eigenvalue weighted by atomic mass is 79.9. The van der Waals surface area contributed by atoms with Crippen LogP contribution in [0.3, 0.4) is 0 Å². The van der Waals surface area contributed by atoms with Gasteiger partial charge in [0.2, 0.25) is 0 Å². The number of benzene rings is 2. The van der Waals surface area contributed by atoms with E-state index in [9.17, 15) is 22.4 Å². The van der Waals surface area contributed by atoms with Gasteiger partial charge in [-0.2, -0.15) is 0 Å². The molecule has 7 heteroatoms. The number of carbonyl (C=O) groups excluding carboxylic acids is 1. The summed E-state index contributed by atoms with van der Waals surface area (Å²) in [4.78, 5) is 11.4. The number of Topliss-reactive ketones (excluding diaryl/α,β-unsaturated/α-hetero) is 1. The van der Waals surface area contributed by atoms with Crippen LogP contribution in [0.5, 0.6) is 0 Å². The molecule has 0 unspecified atom stereocenters. The van der Waals surface area contributed by atoms with E-state index in [2.05, 4.69) is 31.9 Å². The summed E-state index contributed by atoms with van der Waals surface area (Å²) in [5.74, 6) is -3.67. The van der Waals surface area contributed by atoms with E-state index in [4.69, 9.17) is 0 Å². The van der Waals surface area contributed by atoms with Crippen LogP contribution < -0.4 is 0 Å². The summed E-state index contributed by atoms with van der Waals surface area (Å²) in [5.41, 5.74) is 2.05. The van der Waals surface area contributed by atoms with Crippen molar-refractivity contribution in [2.75, 3.05) is 0 Å². The van der Waals surface area contributed by atoms with E-state index in [-0.39, 0.29) is 11.3 Å². The fourth-order valence-electron chi connectivity index (χ4n) is 3.54. The lowest BCUT2D eigenvalue weighted by Gasteiger charge is -2.17. The molecule has 2 aromatic rings. The predicted octanol–water partition coefficient (Wildman–Crippen LogP) is 6.85. The molecule has 0 spiro atoms. The molecule has 4 rings (SSSR count). The van der Waals surface area contributed by atoms with Gasteiger partial charge in [-0.25, -0.2) is 17.6 Å². The van der Waals surface area contributed by atoms with Gasteiger partial charge in [0.05, 0.1) is 5.56 Å². The van der Waals surface area contributed by atoms with Crippen LogP contribution in [0.4, 0.5) is 17.6 Å². The summed E-state index contributed by atoms with van der Waals surface area (Å²) < 4.78 is 53.7. The lowest BCUT2D eigenvalue weighted by Crippen LogP contribution is -2.15. The Morgan fingerprint density at radius 3 is 1.85 bits per heavy atom. The van der Waals surface area contributed by atoms with Gasteiger partial charge in [-0.05, 0) is 67.3 Å². The summed E-state index contributed by atoms with van der Waals surface area (Å²) in [6.07, 6.45) is 5.18. The molecular formula is C20H16Br2F4O. The monoisotopic (exact) mass is 506 g/mol. The standard InChI is InChI=1S/C10H7BrF2O.C10H9BrF2/c11-6-4-7(12)10(13)9-5(6)2-1-3-8(9)14;11-8-5-9(12)10(13)7-4-2-1-3-6(7)8/h4H,1-3H2;5H,1-4H2. The van der Waals surface area contributed by atoms with Gasteiger partial charge in [0.1, 0.15) is 0 Å². The van der Waals surface area contributed by atoms with Crippen molar-refractivity contribution in [2.24, 2.45) is 0 Å². The van der Waals surface area contributed by atoms with Crippen LogP contribution >= 0.6 is 31.9 Å². The molecule has 27 heavy (non-hydrogen) atoms. The third-order valence-electron chi connectivity index (χ3n) is 4.87. The lowest BCUT2D eigenvalue weighted by atomic mass is 9.90. The minimum absolute atomic E-state index is 0.0666. The first-order valence-electron chi connectivity index (χ1n) is 8.66. The first kappa shape index (κ1) is 20.5. The SMILES string of the molecule is Fc1cc(Br)c2c(c1F)CCCC2.O=C1CCCc2c(Br)cc(F)c(F)c21. The van der Waals surface area contributed by atoms with E-state index in [0.29, 0.717) is 45.8 Å². The van der Waals surface area contributed by atoms with Crippen molar-refractivity contribution in [2.45, 2.75) is 44.9 Å². The van der Waals surface area contributed by atoms with Crippen LogP contribution in [0.1, 0.15) is 52.7 Å². The largest absolute Gasteiger partial charge is 0.294 e. The van der Waals surface area contributed by atoms with Crippen molar-refractivity contribution in [3.8, 4) is 0 Å². The van der Waals surface area contributed by atoms with E-state index in [1.165, 1.54) is 6.07 Å². The molecule has 0 aromatic heterocycles. The second kappa shape index (κ2) is 8.43. The molecule has 1 nitrogen and oxygen atoms in total. The zero-order valence-electron chi connectivity index (χ0n) is 14.3. The van der Waals surface area contributed by atoms with Gasteiger partial charge >= 0.3 is 0 Å². The number of hydrogen-bond acceptors (Lipinski definition) is 1. The van der Waals surface area contributed by atoms with Gasteiger partial charge in [0, 0.05) is 15.4 Å². The minimum Gasteiger partial charge on any atom is -0.294 e. The third-order valence-corrected chi connectivity index (χ3v) is 6.28. The average molecular weight is 508 g/mol. The molecule has 2 aliphatic carbocycles. The molecular weight excluding hydrogens is 492 g/mol. The van der Waals surface area contributed by atoms with Crippen LogP contribution in [0.15, 0.2) is 21.1 Å². The van der Waals surface area contributed by atoms with Crippen LogP contribution in [0.2, 0.25) is 0 Å². The van der Waals surface area contributed by atoms with Crippen molar-refractivity contribution < 1.29 is 22.4 Å². The highest BCUT2D eigenvalue weighted by Crippen LogP contribution is 2.32. The molecule has 0 saturated carbocycles. The molecule has 2 aromatic carbocycles. The Morgan fingerprint density at radius 2 is 1.19 bits per heavy atom. The molecule has 0 saturated heterocycles. The first-order chi connectivity index (χ1) is 12.8. The van der Waals surface area contributed by atoms with E-state index in [0.717, 1.165) is 30.9 Å². The smallest absolute Gasteiger partial charge is 0.169 e. The number of ketones is 1. The van der Waals surface area contributed by atoms with Crippen molar-refractivity contribution in [1.29, 1.82) is 0 Å². The van der Waals surface area contributed by atoms with Crippen molar-refractivity contribution in [3.63, 3.8) is 0 Å². The fourth-order valence-corrected chi connectivity index (χ4v) is 4.77. The molecule has 2 aliphatic rings. The summed E-state index contributed by atoms with van der Waals surface area (Å²) >= 11 is 6.40. The number of rotatable bonds is 0. The Kier molecular flexibility index (Phi) is 6.41. The van der Waals surface area contributed by atoms with Crippen molar-refractivity contribution >= 4 is 37.6 Å². The molecule has 0 amide bonds. The minimum atomic E-state index is -1.01. The molecule has 0 bridgehead atoms. The zero-order chi connectivity index (χ0) is 19.7. The maximum absolute atomic E-state index is 13.3. The second-order valence-corrected chi connectivity index (χ2v) is 8.31. The van der Waals surface area contributed by atoms with Gasteiger partial charge in [-0.1, -0.05) is 31.9 Å². The maximum atomic E-state index is 13.3. The quantitative estimate of drug-likeness (QED) is 0.281. The Morgan fingerprint density at radius 1 is 0.667 bits per heavy atom. The number of halogens is 6. The average Bonchev–Trinajstić information content (AvgIpc) is 2.65. The fraction of sp³-hybridized carbons (Fsp3) is 0.350. The highest BCUT2D eigenvalue weighted by Gasteiger charge is 2.25. The zero-order valence-corrected chi connectivity index (χ0v) is 17.5. The summed E-state index contributed by atoms with van der Waals surface area (Å²) in [5, 5.41) is 0. The molecule has 0 atom stereocenters. The highest BCUT2D eigenvalue weighted by molar-refractivity contribution is 9.10. The van der Waals surface area contributed by atoms with E-state index in [1.807, 2.05) is 0 Å². The van der Waals surface area contributed by atoms with Gasteiger partial charge in [0.15, 0.2) is 29.1 Å².